The molecule has 8 aliphatic heterocycles. The number of hydrogen-bond donors (Lipinski definition) is 0. The molecule has 0 radical (unpaired) electrons. The highest BCUT2D eigenvalue weighted by Crippen LogP contribution is 2.42. The third-order valence-electron chi connectivity index (χ3n) is 18.4. The van der Waals surface area contributed by atoms with Crippen molar-refractivity contribution in [3.05, 3.63) is 59.7 Å². The highest BCUT2D eigenvalue weighted by Gasteiger charge is 2.58. The molecular formula is C65H116O22Si8. The molecule has 540 valence electrons. The Balaban J connectivity index is 0.723. The molecule has 0 amide bonds. The molecule has 8 fully saturated rings. The molecule has 8 heterocycles. The minimum absolute atomic E-state index is 0.223. The molecule has 0 spiro atoms. The van der Waals surface area contributed by atoms with Crippen molar-refractivity contribution in [1.82, 2.24) is 0 Å². The summed E-state index contributed by atoms with van der Waals surface area (Å²) in [6, 6.07) is 23.2. The monoisotopic (exact) mass is 1470 g/mol. The molecule has 0 aromatic heterocycles. The molecule has 22 nitrogen and oxygen atoms in total. The smallest absolute Gasteiger partial charge is 0.317 e. The maximum atomic E-state index is 7.48. The third kappa shape index (κ3) is 27.6. The van der Waals surface area contributed by atoms with Gasteiger partial charge in [-0.25, -0.2) is 0 Å². The van der Waals surface area contributed by atoms with Crippen molar-refractivity contribution < 1.29 is 99.2 Å². The van der Waals surface area contributed by atoms with Crippen LogP contribution in [0.25, 0.3) is 0 Å². The molecule has 8 aliphatic rings. The van der Waals surface area contributed by atoms with Gasteiger partial charge in [-0.05, 0) is 187 Å². The molecule has 10 atom stereocenters. The zero-order chi connectivity index (χ0) is 66.9. The van der Waals surface area contributed by atoms with Gasteiger partial charge < -0.3 is 99.2 Å². The molecule has 0 N–H and O–H groups in total. The first kappa shape index (κ1) is 76.6. The Morgan fingerprint density at radius 2 is 0.453 bits per heavy atom. The van der Waals surface area contributed by atoms with Crippen LogP contribution in [0.4, 0.5) is 0 Å². The Morgan fingerprint density at radius 3 is 0.621 bits per heavy atom. The van der Waals surface area contributed by atoms with E-state index in [9.17, 15) is 0 Å². The lowest BCUT2D eigenvalue weighted by atomic mass is 9.78. The lowest BCUT2D eigenvalue weighted by Crippen LogP contribution is -2.67. The van der Waals surface area contributed by atoms with Crippen molar-refractivity contribution in [3.63, 3.8) is 0 Å². The first-order valence-electron chi connectivity index (χ1n) is 35.7. The number of epoxide rings is 6. The molecule has 2 aromatic carbocycles. The Kier molecular flexibility index (Phi) is 28.6. The fourth-order valence-electron chi connectivity index (χ4n) is 13.2. The summed E-state index contributed by atoms with van der Waals surface area (Å²) in [5.41, 5.74) is 2.09. The number of ether oxygens (including phenoxy) is 14. The van der Waals surface area contributed by atoms with Crippen molar-refractivity contribution in [2.45, 2.75) is 208 Å². The fourth-order valence-corrected chi connectivity index (χ4v) is 59.5. The number of benzene rings is 2. The molecule has 2 aromatic rings. The van der Waals surface area contributed by atoms with Gasteiger partial charge in [0.25, 0.3) is 0 Å². The summed E-state index contributed by atoms with van der Waals surface area (Å²) in [4.78, 5) is 0. The summed E-state index contributed by atoms with van der Waals surface area (Å²) in [6.45, 7) is 35.5. The van der Waals surface area contributed by atoms with E-state index in [4.69, 9.17) is 99.2 Å². The summed E-state index contributed by atoms with van der Waals surface area (Å²) in [7, 11) is -22.9. The highest BCUT2D eigenvalue weighted by atomic mass is 28.5. The van der Waals surface area contributed by atoms with Gasteiger partial charge in [0.15, 0.2) is 0 Å². The molecule has 8 saturated heterocycles. The van der Waals surface area contributed by atoms with Crippen molar-refractivity contribution in [2.24, 2.45) is 0 Å². The first-order chi connectivity index (χ1) is 45.5. The molecule has 10 unspecified atom stereocenters. The van der Waals surface area contributed by atoms with E-state index in [1.165, 1.54) is 11.1 Å². The van der Waals surface area contributed by atoms with Crippen molar-refractivity contribution in [1.29, 1.82) is 0 Å². The lowest BCUT2D eigenvalue weighted by Gasteiger charge is -2.50. The second-order valence-corrected chi connectivity index (χ2v) is 57.9. The van der Waals surface area contributed by atoms with Crippen LogP contribution in [-0.2, 0) is 95.2 Å². The maximum Gasteiger partial charge on any atom is 0.317 e. The van der Waals surface area contributed by atoms with Gasteiger partial charge in [0.05, 0.1) is 92.5 Å². The summed E-state index contributed by atoms with van der Waals surface area (Å²) < 4.78 is 141. The van der Waals surface area contributed by atoms with Crippen LogP contribution >= 0.6 is 0 Å². The van der Waals surface area contributed by atoms with Crippen LogP contribution in [-0.4, -0.2) is 237 Å². The summed E-state index contributed by atoms with van der Waals surface area (Å²) in [6.07, 6.45) is 7.84. The SMILES string of the molecule is CC(C)(c1ccc(OCCC[Si]2(C)O[Si](C)(CCCOCC3CO3)O[Si](C)(CCCOCC3CO3)O[Si](C)(CCCOCC3CO3)O2)cc1)c1ccc(OCCC[Si]2(C)O[Si](C)(CCCOCC3CO3)O[Si](C)(CCCOCC3CO3)O[Si](C)(CCCOCC3CO3)O2)cc1. The van der Waals surface area contributed by atoms with Crippen LogP contribution in [0, 0.1) is 0 Å². The van der Waals surface area contributed by atoms with E-state index >= 15 is 0 Å². The summed E-state index contributed by atoms with van der Waals surface area (Å²) in [5.74, 6) is 1.65. The first-order valence-corrected chi connectivity index (χ1v) is 55.9. The summed E-state index contributed by atoms with van der Waals surface area (Å²) in [5, 5.41) is 0. The van der Waals surface area contributed by atoms with Gasteiger partial charge in [-0.2, -0.15) is 0 Å². The topological polar surface area (TPSA) is 223 Å². The predicted octanol–water partition coefficient (Wildman–Crippen LogP) is 11.1. The van der Waals surface area contributed by atoms with E-state index in [1.54, 1.807) is 0 Å². The predicted molar refractivity (Wildman–Crippen MR) is 376 cm³/mol. The Labute approximate surface area is 575 Å². The van der Waals surface area contributed by atoms with Crippen LogP contribution in [0.5, 0.6) is 11.5 Å². The van der Waals surface area contributed by atoms with Gasteiger partial charge in [0, 0.05) is 45.1 Å². The normalized spacial score (nSPS) is 35.0. The lowest BCUT2D eigenvalue weighted by molar-refractivity contribution is 0.112. The van der Waals surface area contributed by atoms with Gasteiger partial charge in [-0.1, -0.05) is 38.1 Å². The van der Waals surface area contributed by atoms with Gasteiger partial charge in [0.2, 0.25) is 0 Å². The largest absolute Gasteiger partial charge is 0.494 e. The fraction of sp³-hybridized carbons (Fsp3) is 0.815. The second kappa shape index (κ2) is 35.4. The maximum absolute atomic E-state index is 7.48. The summed E-state index contributed by atoms with van der Waals surface area (Å²) >= 11 is 0. The molecule has 0 aliphatic carbocycles. The van der Waals surface area contributed by atoms with Crippen LogP contribution in [0.3, 0.4) is 0 Å². The van der Waals surface area contributed by atoms with E-state index in [1.807, 2.05) is 0 Å². The van der Waals surface area contributed by atoms with Crippen LogP contribution in [0.15, 0.2) is 48.5 Å². The quantitative estimate of drug-likeness (QED) is 0.0341. The van der Waals surface area contributed by atoms with Gasteiger partial charge >= 0.3 is 68.5 Å². The molecule has 0 saturated carbocycles. The van der Waals surface area contributed by atoms with Gasteiger partial charge in [-0.3, -0.25) is 0 Å². The van der Waals surface area contributed by atoms with Crippen molar-refractivity contribution >= 4 is 68.5 Å². The van der Waals surface area contributed by atoms with E-state index in [2.05, 4.69) is 115 Å². The van der Waals surface area contributed by atoms with Gasteiger partial charge in [-0.15, -0.1) is 0 Å². The minimum Gasteiger partial charge on any atom is -0.494 e. The Bertz CT molecular complexity index is 2340. The standard InChI is InChI=1S/C65H116O22Si8/c1-65(2,55-19-23-57(24-20-55)72-33-17-41-94(9)84-90(5,37-13-29-68-45-61-51-76-61)80-88(3,35-11-27-66-43-59-49-74-59)81-91(6,85-94)38-14-30-69-46-62-52-77-62)56-21-25-58(26-22-56)73-34-18-42-95(10)86-92(7,39-15-31-70-47-63-53-78-63)82-89(4,36-12-28-67-44-60-50-75-60)83-93(8,87-95)40-16-32-71-48-64-54-79-64/h19-26,59-64H,11-18,27-54H2,1-10H3. The highest BCUT2D eigenvalue weighted by molar-refractivity contribution is 6.95. The van der Waals surface area contributed by atoms with E-state index < -0.39 is 68.5 Å². The van der Waals surface area contributed by atoms with E-state index in [0.29, 0.717) is 92.5 Å². The number of rotatable bonds is 48. The van der Waals surface area contributed by atoms with Crippen LogP contribution in [0.1, 0.15) is 76.3 Å². The molecule has 30 heteroatoms. The Hall–Kier alpha value is -1.02. The van der Waals surface area contributed by atoms with Crippen LogP contribution in [0.2, 0.25) is 101 Å². The van der Waals surface area contributed by atoms with Crippen molar-refractivity contribution in [3.8, 4) is 11.5 Å². The Morgan fingerprint density at radius 1 is 0.284 bits per heavy atom. The minimum atomic E-state index is -2.91. The second-order valence-electron chi connectivity index (χ2n) is 29.3. The zero-order valence-corrected chi connectivity index (χ0v) is 67.0. The van der Waals surface area contributed by atoms with Crippen LogP contribution < -0.4 is 9.47 Å². The van der Waals surface area contributed by atoms with E-state index in [-0.39, 0.29) is 42.0 Å². The molecule has 0 bridgehead atoms. The van der Waals surface area contributed by atoms with E-state index in [0.717, 1.165) is 151 Å². The molecular weight excluding hydrogens is 1360 g/mol. The average molecular weight is 1470 g/mol. The van der Waals surface area contributed by atoms with Gasteiger partial charge in [0.1, 0.15) is 48.1 Å². The average Bonchev–Trinajstić information content (AvgIpc) is 1.76. The van der Waals surface area contributed by atoms with Crippen molar-refractivity contribution in [2.75, 3.05) is 132 Å². The molecule has 10 rings (SSSR count). The number of hydrogen-bond acceptors (Lipinski definition) is 22. The molecule has 95 heavy (non-hydrogen) atoms. The third-order valence-corrected chi connectivity index (χ3v) is 56.2. The zero-order valence-electron chi connectivity index (χ0n) is 59.0.